The third kappa shape index (κ3) is 5.15. The fraction of sp³-hybridized carbons (Fsp3) is 0.238. The Balaban J connectivity index is 1.32. The zero-order chi connectivity index (χ0) is 21.8. The average molecular weight is 439 g/mol. The van der Waals surface area contributed by atoms with Crippen LogP contribution >= 0.6 is 12.2 Å². The Morgan fingerprint density at radius 1 is 1.00 bits per heavy atom. The second kappa shape index (κ2) is 9.09. The summed E-state index contributed by atoms with van der Waals surface area (Å²) in [7, 11) is 0. The van der Waals surface area contributed by atoms with E-state index in [1.165, 1.54) is 12.1 Å². The van der Waals surface area contributed by atoms with Crippen LogP contribution in [0.1, 0.15) is 23.7 Å². The molecular formula is C21H23FN8S. The molecule has 0 bridgehead atoms. The first-order valence-corrected chi connectivity index (χ1v) is 10.3. The van der Waals surface area contributed by atoms with Gasteiger partial charge >= 0.3 is 0 Å². The Bertz CT molecular complexity index is 1190. The molecule has 8 nitrogen and oxygen atoms in total. The van der Waals surface area contributed by atoms with Crippen molar-refractivity contribution in [3.8, 4) is 0 Å². The van der Waals surface area contributed by atoms with E-state index in [-0.39, 0.29) is 5.82 Å². The minimum absolute atomic E-state index is 0.261. The summed E-state index contributed by atoms with van der Waals surface area (Å²) in [5.74, 6) is -0.261. The Morgan fingerprint density at radius 2 is 1.68 bits per heavy atom. The molecule has 0 aliphatic heterocycles. The summed E-state index contributed by atoms with van der Waals surface area (Å²) in [5.41, 5.74) is 4.62. The van der Waals surface area contributed by atoms with E-state index in [1.54, 1.807) is 23.1 Å². The number of anilines is 2. The van der Waals surface area contributed by atoms with Gasteiger partial charge in [-0.2, -0.15) is 15.3 Å². The molecule has 0 saturated carbocycles. The molecule has 0 amide bonds. The third-order valence-corrected chi connectivity index (χ3v) is 5.06. The maximum Gasteiger partial charge on any atom is 0.175 e. The molecular weight excluding hydrogens is 415 g/mol. The number of thiocarbonyl (C=S) groups is 1. The van der Waals surface area contributed by atoms with Crippen LogP contribution in [0.2, 0.25) is 0 Å². The van der Waals surface area contributed by atoms with Crippen molar-refractivity contribution in [2.75, 3.05) is 10.6 Å². The van der Waals surface area contributed by atoms with Crippen LogP contribution in [0.25, 0.3) is 0 Å². The molecule has 0 radical (unpaired) electrons. The fourth-order valence-corrected chi connectivity index (χ4v) is 3.51. The van der Waals surface area contributed by atoms with Crippen molar-refractivity contribution in [1.29, 1.82) is 0 Å². The lowest BCUT2D eigenvalue weighted by Crippen LogP contribution is -2.18. The van der Waals surface area contributed by atoms with Gasteiger partial charge in [-0.1, -0.05) is 12.1 Å². The quantitative estimate of drug-likeness (QED) is 0.429. The van der Waals surface area contributed by atoms with E-state index in [0.717, 1.165) is 34.7 Å². The molecule has 0 fully saturated rings. The second-order valence-electron chi connectivity index (χ2n) is 7.13. The predicted octanol–water partition coefficient (Wildman–Crippen LogP) is 3.65. The summed E-state index contributed by atoms with van der Waals surface area (Å²) < 4.78 is 18.9. The number of benzene rings is 1. The standard InChI is InChI=1S/C21H23FN8S/c1-3-30-15(2)17(8-25-30)12-29-14-20(10-24-29)27-21(31)26-19-9-23-28(13-19)11-16-5-4-6-18(22)7-16/h4-10,13-14H,3,11-12H2,1-2H3,(H2,26,27,31). The smallest absolute Gasteiger partial charge is 0.175 e. The average Bonchev–Trinajstić information content (AvgIpc) is 3.44. The summed E-state index contributed by atoms with van der Waals surface area (Å²) in [5, 5.41) is 19.7. The van der Waals surface area contributed by atoms with E-state index in [2.05, 4.69) is 39.8 Å². The maximum atomic E-state index is 13.3. The molecule has 0 aliphatic rings. The van der Waals surface area contributed by atoms with Gasteiger partial charge in [0.05, 0.1) is 43.1 Å². The molecule has 0 unspecified atom stereocenters. The zero-order valence-electron chi connectivity index (χ0n) is 17.3. The molecule has 160 valence electrons. The van der Waals surface area contributed by atoms with E-state index in [4.69, 9.17) is 12.2 Å². The van der Waals surface area contributed by atoms with Crippen molar-refractivity contribution in [3.63, 3.8) is 0 Å². The first kappa shape index (κ1) is 20.7. The summed E-state index contributed by atoms with van der Waals surface area (Å²) in [4.78, 5) is 0. The molecule has 0 saturated heterocycles. The Morgan fingerprint density at radius 3 is 2.29 bits per heavy atom. The lowest BCUT2D eigenvalue weighted by Gasteiger charge is -2.06. The van der Waals surface area contributed by atoms with E-state index in [0.29, 0.717) is 18.2 Å². The van der Waals surface area contributed by atoms with Gasteiger partial charge in [0.1, 0.15) is 5.82 Å². The van der Waals surface area contributed by atoms with Crippen LogP contribution in [0.15, 0.2) is 55.2 Å². The number of aryl methyl sites for hydroxylation is 1. The molecule has 31 heavy (non-hydrogen) atoms. The number of hydrogen-bond acceptors (Lipinski definition) is 4. The lowest BCUT2D eigenvalue weighted by molar-refractivity contribution is 0.619. The summed E-state index contributed by atoms with van der Waals surface area (Å²) in [6.07, 6.45) is 8.98. The van der Waals surface area contributed by atoms with Crippen LogP contribution in [-0.2, 0) is 19.6 Å². The number of aromatic nitrogens is 6. The molecule has 4 rings (SSSR count). The van der Waals surface area contributed by atoms with Crippen LogP contribution < -0.4 is 10.6 Å². The summed E-state index contributed by atoms with van der Waals surface area (Å²) in [6.45, 7) is 6.08. The maximum absolute atomic E-state index is 13.3. The SMILES string of the molecule is CCn1ncc(Cn2cc(NC(=S)Nc3cnn(Cc4cccc(F)c4)c3)cn2)c1C. The number of nitrogens with one attached hydrogen (secondary N) is 2. The van der Waals surface area contributed by atoms with Crippen molar-refractivity contribution >= 4 is 28.7 Å². The van der Waals surface area contributed by atoms with Crippen molar-refractivity contribution in [3.05, 3.63) is 77.9 Å². The van der Waals surface area contributed by atoms with Crippen LogP contribution in [0.3, 0.4) is 0 Å². The van der Waals surface area contributed by atoms with Gasteiger partial charge < -0.3 is 10.6 Å². The fourth-order valence-electron chi connectivity index (χ4n) is 3.28. The number of rotatable bonds is 7. The Hall–Kier alpha value is -3.53. The van der Waals surface area contributed by atoms with E-state index in [9.17, 15) is 4.39 Å². The van der Waals surface area contributed by atoms with E-state index >= 15 is 0 Å². The highest BCUT2D eigenvalue weighted by atomic mass is 32.1. The number of nitrogens with zero attached hydrogens (tertiary/aromatic N) is 6. The second-order valence-corrected chi connectivity index (χ2v) is 7.54. The van der Waals surface area contributed by atoms with Crippen LogP contribution in [0, 0.1) is 12.7 Å². The predicted molar refractivity (Wildman–Crippen MR) is 122 cm³/mol. The largest absolute Gasteiger partial charge is 0.330 e. The zero-order valence-corrected chi connectivity index (χ0v) is 18.1. The molecule has 10 heteroatoms. The Kier molecular flexibility index (Phi) is 6.08. The van der Waals surface area contributed by atoms with Crippen LogP contribution in [0.4, 0.5) is 15.8 Å². The highest BCUT2D eigenvalue weighted by Crippen LogP contribution is 2.13. The molecule has 3 heterocycles. The number of hydrogen-bond donors (Lipinski definition) is 2. The molecule has 4 aromatic rings. The summed E-state index contributed by atoms with van der Waals surface area (Å²) in [6, 6.07) is 6.46. The van der Waals surface area contributed by atoms with Crippen molar-refractivity contribution in [2.45, 2.75) is 33.5 Å². The highest BCUT2D eigenvalue weighted by Gasteiger charge is 2.08. The van der Waals surface area contributed by atoms with Crippen molar-refractivity contribution < 1.29 is 4.39 Å². The van der Waals surface area contributed by atoms with Gasteiger partial charge in [0.25, 0.3) is 0 Å². The van der Waals surface area contributed by atoms with Crippen molar-refractivity contribution in [2.24, 2.45) is 0 Å². The molecule has 0 aliphatic carbocycles. The van der Waals surface area contributed by atoms with Crippen LogP contribution in [0.5, 0.6) is 0 Å². The minimum Gasteiger partial charge on any atom is -0.330 e. The normalized spacial score (nSPS) is 10.9. The molecule has 0 atom stereocenters. The van der Waals surface area contributed by atoms with E-state index < -0.39 is 0 Å². The molecule has 3 aromatic heterocycles. The molecule has 0 spiro atoms. The lowest BCUT2D eigenvalue weighted by atomic mass is 10.2. The van der Waals surface area contributed by atoms with Gasteiger partial charge in [-0.25, -0.2) is 4.39 Å². The first-order valence-electron chi connectivity index (χ1n) is 9.89. The monoisotopic (exact) mass is 438 g/mol. The van der Waals surface area contributed by atoms with Crippen LogP contribution in [-0.4, -0.2) is 34.5 Å². The third-order valence-electron chi connectivity index (χ3n) is 4.85. The first-order chi connectivity index (χ1) is 15.0. The Labute approximate surface area is 184 Å². The highest BCUT2D eigenvalue weighted by molar-refractivity contribution is 7.80. The van der Waals surface area contributed by atoms with Gasteiger partial charge in [-0.3, -0.25) is 14.0 Å². The van der Waals surface area contributed by atoms with Gasteiger partial charge in [-0.05, 0) is 43.8 Å². The van der Waals surface area contributed by atoms with E-state index in [1.807, 2.05) is 34.0 Å². The molecule has 2 N–H and O–H groups in total. The van der Waals surface area contributed by atoms with Gasteiger partial charge in [0.2, 0.25) is 0 Å². The minimum atomic E-state index is -0.261. The molecule has 1 aromatic carbocycles. The van der Waals surface area contributed by atoms with Gasteiger partial charge in [0.15, 0.2) is 5.11 Å². The number of halogens is 1. The van der Waals surface area contributed by atoms with Crippen molar-refractivity contribution in [1.82, 2.24) is 29.3 Å². The topological polar surface area (TPSA) is 77.5 Å². The van der Waals surface area contributed by atoms with Gasteiger partial charge in [-0.15, -0.1) is 0 Å². The summed E-state index contributed by atoms with van der Waals surface area (Å²) >= 11 is 5.39. The van der Waals surface area contributed by atoms with Gasteiger partial charge in [0, 0.05) is 30.2 Å².